The Bertz CT molecular complexity index is 700. The molecule has 0 saturated heterocycles. The first-order chi connectivity index (χ1) is 10.6. The van der Waals surface area contributed by atoms with E-state index >= 15 is 0 Å². The van der Waals surface area contributed by atoms with Gasteiger partial charge in [0, 0.05) is 5.56 Å². The standard InChI is InChI=1S/C14H12O2S.F6P/c1-10(15)11-2-4-12(5-3-11)16-13-6-8-14(17)9-7-13;1-7(2,3,4,5)6/h2-9,17H,1H3;/q;-1/p+1. The SMILES string of the molecule is CC(=O)c1ccc(Oc2ccc([SH2+])cc2)cc1.F[P-](F)(F)(F)(F)F. The minimum absolute atomic E-state index is 0.0555. The number of ketones is 1. The van der Waals surface area contributed by atoms with Gasteiger partial charge in [0.1, 0.15) is 11.5 Å². The van der Waals surface area contributed by atoms with Crippen LogP contribution in [0.2, 0.25) is 0 Å². The van der Waals surface area contributed by atoms with E-state index in [1.807, 2.05) is 24.3 Å². The van der Waals surface area contributed by atoms with E-state index in [1.165, 1.54) is 0 Å². The van der Waals surface area contributed by atoms with Gasteiger partial charge >= 0.3 is 33.0 Å². The summed E-state index contributed by atoms with van der Waals surface area (Å²) >= 11 is 3.41. The number of halogens is 6. The normalized spacial score (nSPS) is 13.8. The second-order valence-electron chi connectivity index (χ2n) is 4.67. The monoisotopic (exact) mass is 390 g/mol. The fourth-order valence-electron chi connectivity index (χ4n) is 1.42. The van der Waals surface area contributed by atoms with Gasteiger partial charge in [-0.3, -0.25) is 4.79 Å². The van der Waals surface area contributed by atoms with Crippen LogP contribution in [-0.4, -0.2) is 5.78 Å². The summed E-state index contributed by atoms with van der Waals surface area (Å²) in [6, 6.07) is 14.7. The predicted molar refractivity (Wildman–Crippen MR) is 85.0 cm³/mol. The molecule has 0 amide bonds. The van der Waals surface area contributed by atoms with Gasteiger partial charge in [0.25, 0.3) is 0 Å². The van der Waals surface area contributed by atoms with Crippen molar-refractivity contribution < 1.29 is 34.7 Å². The van der Waals surface area contributed by atoms with Crippen LogP contribution in [-0.2, 0) is 12.6 Å². The van der Waals surface area contributed by atoms with Crippen molar-refractivity contribution in [2.24, 2.45) is 0 Å². The third-order valence-corrected chi connectivity index (χ3v) is 2.68. The zero-order valence-electron chi connectivity index (χ0n) is 12.2. The van der Waals surface area contributed by atoms with Gasteiger partial charge in [0.2, 0.25) is 0 Å². The molecule has 0 unspecified atom stereocenters. The number of rotatable bonds is 3. The van der Waals surface area contributed by atoms with Gasteiger partial charge in [-0.1, -0.05) is 0 Å². The topological polar surface area (TPSA) is 26.3 Å². The van der Waals surface area contributed by atoms with Crippen LogP contribution in [0.4, 0.5) is 25.2 Å². The van der Waals surface area contributed by atoms with E-state index in [0.29, 0.717) is 5.56 Å². The Labute approximate surface area is 139 Å². The molecule has 2 aromatic rings. The van der Waals surface area contributed by atoms with Crippen molar-refractivity contribution in [3.05, 3.63) is 54.1 Å². The van der Waals surface area contributed by atoms with Gasteiger partial charge in [-0.2, -0.15) is 0 Å². The van der Waals surface area contributed by atoms with Crippen LogP contribution in [0.3, 0.4) is 0 Å². The van der Waals surface area contributed by atoms with Crippen molar-refractivity contribution in [1.82, 2.24) is 0 Å². The molecular weight excluding hydrogens is 377 g/mol. The third kappa shape index (κ3) is 10.9. The summed E-state index contributed by atoms with van der Waals surface area (Å²) in [5, 5.41) is 0. The summed E-state index contributed by atoms with van der Waals surface area (Å²) in [5.41, 5.74) is 0.688. The summed E-state index contributed by atoms with van der Waals surface area (Å²) in [7, 11) is -10.7. The fourth-order valence-corrected chi connectivity index (χ4v) is 1.58. The van der Waals surface area contributed by atoms with Gasteiger partial charge in [-0.25, -0.2) is 0 Å². The first-order valence-corrected chi connectivity index (χ1v) is 8.80. The minimum atomic E-state index is -10.7. The average Bonchev–Trinajstić information content (AvgIpc) is 2.38. The van der Waals surface area contributed by atoms with Crippen LogP contribution in [0.1, 0.15) is 17.3 Å². The molecule has 2 aromatic carbocycles. The van der Waals surface area contributed by atoms with Crippen molar-refractivity contribution in [3.63, 3.8) is 0 Å². The van der Waals surface area contributed by atoms with E-state index in [1.54, 1.807) is 31.2 Å². The van der Waals surface area contributed by atoms with Crippen LogP contribution in [0, 0.1) is 0 Å². The molecule has 0 aliphatic heterocycles. The van der Waals surface area contributed by atoms with E-state index in [4.69, 9.17) is 4.74 Å². The first-order valence-electron chi connectivity index (χ1n) is 6.27. The predicted octanol–water partition coefficient (Wildman–Crippen LogP) is 6.43. The molecule has 0 aromatic heterocycles. The van der Waals surface area contributed by atoms with E-state index in [9.17, 15) is 30.0 Å². The van der Waals surface area contributed by atoms with Crippen LogP contribution in [0.15, 0.2) is 53.4 Å². The van der Waals surface area contributed by atoms with Crippen molar-refractivity contribution in [1.29, 1.82) is 0 Å². The Morgan fingerprint density at radius 1 is 0.833 bits per heavy atom. The van der Waals surface area contributed by atoms with E-state index in [-0.39, 0.29) is 5.78 Å². The van der Waals surface area contributed by atoms with Crippen molar-refractivity contribution >= 4 is 26.2 Å². The zero-order valence-corrected chi connectivity index (χ0v) is 14.0. The van der Waals surface area contributed by atoms with Crippen LogP contribution in [0.25, 0.3) is 0 Å². The van der Waals surface area contributed by atoms with E-state index in [0.717, 1.165) is 16.4 Å². The van der Waals surface area contributed by atoms with Crippen LogP contribution in [0.5, 0.6) is 11.5 Å². The summed E-state index contributed by atoms with van der Waals surface area (Å²) < 4.78 is 64.8. The van der Waals surface area contributed by atoms with Crippen molar-refractivity contribution in [2.45, 2.75) is 11.8 Å². The number of carbonyl (C=O) groups excluding carboxylic acids is 1. The molecule has 0 radical (unpaired) electrons. The Hall–Kier alpha value is -1.73. The first kappa shape index (κ1) is 20.3. The van der Waals surface area contributed by atoms with Gasteiger partial charge in [-0.15, -0.1) is 0 Å². The number of benzene rings is 2. The molecule has 0 spiro atoms. The Morgan fingerprint density at radius 2 is 1.17 bits per heavy atom. The van der Waals surface area contributed by atoms with Gasteiger partial charge < -0.3 is 4.74 Å². The summed E-state index contributed by atoms with van der Waals surface area (Å²) in [6.07, 6.45) is 0. The maximum absolute atomic E-state index is 11.1. The molecule has 0 bridgehead atoms. The number of Topliss-reactive ketones (excluding diaryl/α,β-unsaturated/α-hetero) is 1. The maximum atomic E-state index is 11.1. The molecule has 0 fully saturated rings. The van der Waals surface area contributed by atoms with Gasteiger partial charge in [0.15, 0.2) is 10.7 Å². The molecule has 2 rings (SSSR count). The molecule has 0 N–H and O–H groups in total. The van der Waals surface area contributed by atoms with Gasteiger partial charge in [0.05, 0.1) is 0 Å². The van der Waals surface area contributed by atoms with Crippen molar-refractivity contribution in [3.8, 4) is 11.5 Å². The molecule has 0 aliphatic rings. The number of hydrogen-bond acceptors (Lipinski definition) is 2. The molecule has 0 saturated carbocycles. The molecule has 2 nitrogen and oxygen atoms in total. The van der Waals surface area contributed by atoms with Crippen LogP contribution >= 0.6 is 7.81 Å². The third-order valence-electron chi connectivity index (χ3n) is 2.35. The second kappa shape index (κ2) is 6.29. The Morgan fingerprint density at radius 3 is 1.50 bits per heavy atom. The quantitative estimate of drug-likeness (QED) is 0.261. The molecule has 0 heterocycles. The molecule has 134 valence electrons. The Kier molecular flexibility index (Phi) is 5.33. The molecule has 0 atom stereocenters. The van der Waals surface area contributed by atoms with Gasteiger partial charge in [-0.05, 0) is 68.1 Å². The summed E-state index contributed by atoms with van der Waals surface area (Å²) in [4.78, 5) is 12.1. The summed E-state index contributed by atoms with van der Waals surface area (Å²) in [5.74, 6) is 1.54. The molecule has 10 heteroatoms. The number of ether oxygens (including phenoxy) is 1. The Balaban J connectivity index is 0.000000351. The second-order valence-corrected chi connectivity index (χ2v) is 7.16. The number of hydrogen-bond donors (Lipinski definition) is 0. The zero-order chi connectivity index (χ0) is 18.7. The average molecular weight is 390 g/mol. The van der Waals surface area contributed by atoms with E-state index < -0.39 is 7.81 Å². The van der Waals surface area contributed by atoms with Crippen LogP contribution < -0.4 is 4.74 Å². The number of carbonyl (C=O) groups is 1. The molecule has 0 aliphatic carbocycles. The molecular formula is C14H13F6O2PS. The summed E-state index contributed by atoms with van der Waals surface area (Å²) in [6.45, 7) is 1.55. The van der Waals surface area contributed by atoms with Crippen molar-refractivity contribution in [2.75, 3.05) is 0 Å². The molecule has 24 heavy (non-hydrogen) atoms. The van der Waals surface area contributed by atoms with E-state index in [2.05, 4.69) is 12.6 Å². The fraction of sp³-hybridized carbons (Fsp3) is 0.0714.